The zero-order chi connectivity index (χ0) is 28.7. The summed E-state index contributed by atoms with van der Waals surface area (Å²) in [4.78, 5) is 25.9. The van der Waals surface area contributed by atoms with E-state index in [0.717, 1.165) is 37.7 Å². The first kappa shape index (κ1) is 31.4. The number of esters is 2. The molecule has 3 aromatic rings. The normalized spacial score (nSPS) is 11.0. The molecule has 0 N–H and O–H groups in total. The molecule has 0 fully saturated rings. The standard InChI is InChI=1S/C35H43ClO4/c1-4-7-8-9-10-11-16-26-19-21-28(22-20-26)39-35(38)32-24-23-29(25-33(32)36)40-34(37)31-18-13-12-17-30(31)27(14-5-2)15-6-3/h12-13,17-25,27H,4-11,14-16H2,1-3H3. The third kappa shape index (κ3) is 9.52. The minimum Gasteiger partial charge on any atom is -0.423 e. The van der Waals surface area contributed by atoms with Crippen LogP contribution in [0.15, 0.2) is 66.7 Å². The van der Waals surface area contributed by atoms with E-state index >= 15 is 0 Å². The van der Waals surface area contributed by atoms with Crippen molar-refractivity contribution in [1.82, 2.24) is 0 Å². The van der Waals surface area contributed by atoms with Crippen molar-refractivity contribution >= 4 is 23.5 Å². The molecule has 0 spiro atoms. The number of halogens is 1. The Hall–Kier alpha value is -3.11. The number of rotatable bonds is 16. The van der Waals surface area contributed by atoms with Crippen molar-refractivity contribution in [2.24, 2.45) is 0 Å². The van der Waals surface area contributed by atoms with Gasteiger partial charge in [0, 0.05) is 6.07 Å². The Labute approximate surface area is 245 Å². The van der Waals surface area contributed by atoms with E-state index in [4.69, 9.17) is 21.1 Å². The van der Waals surface area contributed by atoms with Crippen molar-refractivity contribution < 1.29 is 19.1 Å². The number of hydrogen-bond donors (Lipinski definition) is 0. The van der Waals surface area contributed by atoms with Crippen LogP contribution in [-0.4, -0.2) is 11.9 Å². The molecule has 0 bridgehead atoms. The molecule has 0 aromatic heterocycles. The van der Waals surface area contributed by atoms with Gasteiger partial charge in [-0.15, -0.1) is 0 Å². The van der Waals surface area contributed by atoms with Gasteiger partial charge in [0.2, 0.25) is 0 Å². The Morgan fingerprint density at radius 1 is 0.675 bits per heavy atom. The summed E-state index contributed by atoms with van der Waals surface area (Å²) in [5.41, 5.74) is 3.02. The van der Waals surface area contributed by atoms with E-state index < -0.39 is 11.9 Å². The summed E-state index contributed by atoms with van der Waals surface area (Å²) < 4.78 is 11.2. The van der Waals surface area contributed by atoms with Crippen LogP contribution in [-0.2, 0) is 6.42 Å². The van der Waals surface area contributed by atoms with E-state index in [1.165, 1.54) is 56.2 Å². The van der Waals surface area contributed by atoms with E-state index in [2.05, 4.69) is 20.8 Å². The van der Waals surface area contributed by atoms with Crippen molar-refractivity contribution in [2.75, 3.05) is 0 Å². The van der Waals surface area contributed by atoms with Crippen LogP contribution in [0.3, 0.4) is 0 Å². The summed E-state index contributed by atoms with van der Waals surface area (Å²) in [5.74, 6) is 0.0692. The van der Waals surface area contributed by atoms with Gasteiger partial charge in [0.15, 0.2) is 0 Å². The fraction of sp³-hybridized carbons (Fsp3) is 0.429. The number of hydrogen-bond acceptors (Lipinski definition) is 4. The highest BCUT2D eigenvalue weighted by Crippen LogP contribution is 2.31. The van der Waals surface area contributed by atoms with Gasteiger partial charge in [-0.3, -0.25) is 0 Å². The Balaban J connectivity index is 1.59. The molecule has 0 radical (unpaired) electrons. The van der Waals surface area contributed by atoms with E-state index in [1.54, 1.807) is 6.07 Å². The Morgan fingerprint density at radius 3 is 1.95 bits per heavy atom. The Morgan fingerprint density at radius 2 is 1.27 bits per heavy atom. The Kier molecular flexibility index (Phi) is 13.3. The molecule has 40 heavy (non-hydrogen) atoms. The van der Waals surface area contributed by atoms with E-state index in [9.17, 15) is 9.59 Å². The van der Waals surface area contributed by atoms with Crippen LogP contribution in [0.2, 0.25) is 5.02 Å². The lowest BCUT2D eigenvalue weighted by Gasteiger charge is -2.19. The van der Waals surface area contributed by atoms with Gasteiger partial charge in [0.25, 0.3) is 0 Å². The number of ether oxygens (including phenoxy) is 2. The summed E-state index contributed by atoms with van der Waals surface area (Å²) in [5, 5.41) is 0.165. The summed E-state index contributed by atoms with van der Waals surface area (Å²) in [6.45, 7) is 6.54. The SMILES string of the molecule is CCCCCCCCc1ccc(OC(=O)c2ccc(OC(=O)c3ccccc3C(CCC)CCC)cc2Cl)cc1. The average molecular weight is 563 g/mol. The summed E-state index contributed by atoms with van der Waals surface area (Å²) in [6.07, 6.45) is 12.7. The maximum absolute atomic E-state index is 13.1. The first-order valence-electron chi connectivity index (χ1n) is 14.9. The molecule has 0 saturated carbocycles. The fourth-order valence-electron chi connectivity index (χ4n) is 5.07. The van der Waals surface area contributed by atoms with Crippen molar-refractivity contribution in [3.05, 3.63) is 94.0 Å². The second kappa shape index (κ2) is 16.9. The number of unbranched alkanes of at least 4 members (excludes halogenated alkanes) is 5. The highest BCUT2D eigenvalue weighted by atomic mass is 35.5. The first-order chi connectivity index (χ1) is 19.5. The molecule has 0 aliphatic heterocycles. The predicted molar refractivity (Wildman–Crippen MR) is 164 cm³/mol. The highest BCUT2D eigenvalue weighted by Gasteiger charge is 2.21. The maximum atomic E-state index is 13.1. The van der Waals surface area contributed by atoms with Gasteiger partial charge < -0.3 is 9.47 Å². The van der Waals surface area contributed by atoms with Gasteiger partial charge >= 0.3 is 11.9 Å². The smallest absolute Gasteiger partial charge is 0.345 e. The number of aryl methyl sites for hydroxylation is 1. The summed E-state index contributed by atoms with van der Waals surface area (Å²) in [6, 6.07) is 19.9. The lowest BCUT2D eigenvalue weighted by Crippen LogP contribution is -2.14. The van der Waals surface area contributed by atoms with E-state index in [0.29, 0.717) is 17.2 Å². The molecule has 0 aliphatic rings. The summed E-state index contributed by atoms with van der Waals surface area (Å²) in [7, 11) is 0. The van der Waals surface area contributed by atoms with Gasteiger partial charge in [-0.1, -0.05) is 108 Å². The minimum absolute atomic E-state index is 0.165. The van der Waals surface area contributed by atoms with Crippen LogP contribution in [0.25, 0.3) is 0 Å². The third-order valence-corrected chi connectivity index (χ3v) is 7.53. The van der Waals surface area contributed by atoms with E-state index in [-0.39, 0.29) is 16.3 Å². The molecule has 3 aromatic carbocycles. The molecule has 0 amide bonds. The van der Waals surface area contributed by atoms with Crippen LogP contribution in [0, 0.1) is 0 Å². The molecule has 214 valence electrons. The van der Waals surface area contributed by atoms with Crippen LogP contribution in [0.1, 0.15) is 123 Å². The molecule has 0 heterocycles. The van der Waals surface area contributed by atoms with Gasteiger partial charge in [0.1, 0.15) is 11.5 Å². The highest BCUT2D eigenvalue weighted by molar-refractivity contribution is 6.33. The van der Waals surface area contributed by atoms with Crippen LogP contribution < -0.4 is 9.47 Å². The van der Waals surface area contributed by atoms with Crippen LogP contribution in [0.5, 0.6) is 11.5 Å². The van der Waals surface area contributed by atoms with Crippen molar-refractivity contribution in [1.29, 1.82) is 0 Å². The minimum atomic E-state index is -0.557. The fourth-order valence-corrected chi connectivity index (χ4v) is 5.32. The second-order valence-electron chi connectivity index (χ2n) is 10.4. The second-order valence-corrected chi connectivity index (χ2v) is 10.9. The van der Waals surface area contributed by atoms with Gasteiger partial charge in [0.05, 0.1) is 16.1 Å². The largest absolute Gasteiger partial charge is 0.423 e. The lowest BCUT2D eigenvalue weighted by atomic mass is 9.87. The molecule has 0 saturated heterocycles. The molecular formula is C35H43ClO4. The third-order valence-electron chi connectivity index (χ3n) is 7.22. The average Bonchev–Trinajstić information content (AvgIpc) is 2.95. The zero-order valence-electron chi connectivity index (χ0n) is 24.2. The molecule has 0 atom stereocenters. The van der Waals surface area contributed by atoms with Crippen LogP contribution >= 0.6 is 11.6 Å². The van der Waals surface area contributed by atoms with Gasteiger partial charge in [-0.05, 0) is 73.1 Å². The molecule has 3 rings (SSSR count). The molecule has 0 aliphatic carbocycles. The monoisotopic (exact) mass is 562 g/mol. The quantitative estimate of drug-likeness (QED) is 0.0989. The van der Waals surface area contributed by atoms with Gasteiger partial charge in [-0.25, -0.2) is 9.59 Å². The van der Waals surface area contributed by atoms with Crippen molar-refractivity contribution in [3.8, 4) is 11.5 Å². The summed E-state index contributed by atoms with van der Waals surface area (Å²) >= 11 is 6.42. The van der Waals surface area contributed by atoms with Crippen molar-refractivity contribution in [2.45, 2.75) is 97.3 Å². The Bertz CT molecular complexity index is 1210. The zero-order valence-corrected chi connectivity index (χ0v) is 25.0. The predicted octanol–water partition coefficient (Wildman–Crippen LogP) is 10.4. The lowest BCUT2D eigenvalue weighted by molar-refractivity contribution is 0.0729. The maximum Gasteiger partial charge on any atom is 0.345 e. The number of carbonyl (C=O) groups excluding carboxylic acids is 2. The number of carbonyl (C=O) groups is 2. The molecule has 0 unspecified atom stereocenters. The van der Waals surface area contributed by atoms with Crippen LogP contribution in [0.4, 0.5) is 0 Å². The molecular weight excluding hydrogens is 520 g/mol. The topological polar surface area (TPSA) is 52.6 Å². The first-order valence-corrected chi connectivity index (χ1v) is 15.3. The van der Waals surface area contributed by atoms with Gasteiger partial charge in [-0.2, -0.15) is 0 Å². The molecule has 5 heteroatoms. The number of benzene rings is 3. The van der Waals surface area contributed by atoms with E-state index in [1.807, 2.05) is 48.5 Å². The molecule has 4 nitrogen and oxygen atoms in total. The van der Waals surface area contributed by atoms with Crippen molar-refractivity contribution in [3.63, 3.8) is 0 Å².